The number of hydrogen-bond acceptors (Lipinski definition) is 5. The molecule has 2 amide bonds. The fraction of sp³-hybridized carbons (Fsp3) is 0.0833. The van der Waals surface area contributed by atoms with Gasteiger partial charge in [0.1, 0.15) is 16.8 Å². The number of H-pyrrole nitrogens is 1. The Kier molecular flexibility index (Phi) is 5.77. The normalized spacial score (nSPS) is 10.7. The number of nitrogens with one attached hydrogen (secondary N) is 2. The van der Waals surface area contributed by atoms with E-state index >= 15 is 0 Å². The Labute approximate surface area is 187 Å². The third-order valence-electron chi connectivity index (χ3n) is 5.15. The highest BCUT2D eigenvalue weighted by Crippen LogP contribution is 2.16. The Morgan fingerprint density at radius 2 is 1.70 bits per heavy atom. The maximum atomic E-state index is 13.0. The largest absolute Gasteiger partial charge is 0.497 e. The first-order valence-electron chi connectivity index (χ1n) is 9.96. The van der Waals surface area contributed by atoms with Crippen LogP contribution in [0.4, 0.5) is 5.69 Å². The van der Waals surface area contributed by atoms with Gasteiger partial charge >= 0.3 is 0 Å². The molecule has 4 N–H and O–H groups in total. The summed E-state index contributed by atoms with van der Waals surface area (Å²) in [5.41, 5.74) is 6.14. The third kappa shape index (κ3) is 4.52. The maximum Gasteiger partial charge on any atom is 0.261 e. The van der Waals surface area contributed by atoms with Gasteiger partial charge < -0.3 is 25.3 Å². The molecule has 0 bridgehead atoms. The van der Waals surface area contributed by atoms with Crippen LogP contribution in [0.5, 0.6) is 5.75 Å². The summed E-state index contributed by atoms with van der Waals surface area (Å²) < 4.78 is 6.90. The van der Waals surface area contributed by atoms with E-state index in [-0.39, 0.29) is 16.6 Å². The van der Waals surface area contributed by atoms with Gasteiger partial charge in [-0.2, -0.15) is 0 Å². The van der Waals surface area contributed by atoms with Crippen molar-refractivity contribution in [3.05, 3.63) is 104 Å². The van der Waals surface area contributed by atoms with Crippen molar-refractivity contribution in [2.45, 2.75) is 6.54 Å². The Bertz CT molecular complexity index is 1470. The summed E-state index contributed by atoms with van der Waals surface area (Å²) in [4.78, 5) is 51.6. The molecule has 9 heteroatoms. The van der Waals surface area contributed by atoms with Crippen molar-refractivity contribution in [2.75, 3.05) is 12.4 Å². The van der Waals surface area contributed by atoms with Crippen LogP contribution in [0, 0.1) is 0 Å². The summed E-state index contributed by atoms with van der Waals surface area (Å²) in [6, 6.07) is 16.2. The minimum atomic E-state index is -0.651. The summed E-state index contributed by atoms with van der Waals surface area (Å²) >= 11 is 0. The first-order valence-corrected chi connectivity index (χ1v) is 9.96. The van der Waals surface area contributed by atoms with Crippen LogP contribution in [0.3, 0.4) is 0 Å². The van der Waals surface area contributed by atoms with E-state index in [1.165, 1.54) is 36.5 Å². The van der Waals surface area contributed by atoms with E-state index in [1.807, 2.05) is 24.3 Å². The average Bonchev–Trinajstić information content (AvgIpc) is 2.81. The predicted octanol–water partition coefficient (Wildman–Crippen LogP) is 2.10. The summed E-state index contributed by atoms with van der Waals surface area (Å²) in [7, 11) is 1.58. The monoisotopic (exact) mass is 444 g/mol. The van der Waals surface area contributed by atoms with Crippen LogP contribution in [-0.4, -0.2) is 28.5 Å². The molecule has 0 radical (unpaired) electrons. The molecule has 0 aliphatic carbocycles. The molecule has 0 spiro atoms. The number of nitrogens with two attached hydrogens (primary N) is 1. The lowest BCUT2D eigenvalue weighted by Gasteiger charge is -2.14. The number of hydrogen-bond donors (Lipinski definition) is 3. The predicted molar refractivity (Wildman–Crippen MR) is 124 cm³/mol. The lowest BCUT2D eigenvalue weighted by atomic mass is 10.1. The van der Waals surface area contributed by atoms with Crippen LogP contribution >= 0.6 is 0 Å². The average molecular weight is 444 g/mol. The summed E-state index contributed by atoms with van der Waals surface area (Å²) in [5, 5.41) is 2.64. The van der Waals surface area contributed by atoms with E-state index in [9.17, 15) is 19.2 Å². The number of aromatic nitrogens is 2. The highest BCUT2D eigenvalue weighted by molar-refractivity contribution is 6.05. The second-order valence-corrected chi connectivity index (χ2v) is 7.33. The van der Waals surface area contributed by atoms with E-state index in [2.05, 4.69) is 10.3 Å². The number of ether oxygens (including phenoxy) is 1. The minimum Gasteiger partial charge on any atom is -0.497 e. The summed E-state index contributed by atoms with van der Waals surface area (Å²) in [5.74, 6) is -0.537. The van der Waals surface area contributed by atoms with E-state index in [1.54, 1.807) is 17.7 Å². The van der Waals surface area contributed by atoms with Crippen LogP contribution in [-0.2, 0) is 6.54 Å². The van der Waals surface area contributed by atoms with Crippen molar-refractivity contribution >= 4 is 28.5 Å². The number of primary amides is 1. The van der Waals surface area contributed by atoms with E-state index in [4.69, 9.17) is 10.5 Å². The number of carbonyl (C=O) groups excluding carboxylic acids is 2. The van der Waals surface area contributed by atoms with Crippen LogP contribution in [0.15, 0.2) is 76.4 Å². The third-order valence-corrected chi connectivity index (χ3v) is 5.15. The number of rotatable bonds is 6. The lowest BCUT2D eigenvalue weighted by Crippen LogP contribution is -2.26. The molecule has 0 saturated carbocycles. The van der Waals surface area contributed by atoms with Crippen molar-refractivity contribution in [2.24, 2.45) is 5.73 Å². The van der Waals surface area contributed by atoms with Gasteiger partial charge in [0.25, 0.3) is 5.91 Å². The number of aromatic amines is 1. The second-order valence-electron chi connectivity index (χ2n) is 7.33. The van der Waals surface area contributed by atoms with Crippen molar-refractivity contribution in [3.63, 3.8) is 0 Å². The molecule has 2 aromatic heterocycles. The van der Waals surface area contributed by atoms with Gasteiger partial charge in [0.15, 0.2) is 0 Å². The molecule has 9 nitrogen and oxygen atoms in total. The van der Waals surface area contributed by atoms with Crippen LogP contribution in [0.1, 0.15) is 26.3 Å². The second kappa shape index (κ2) is 8.83. The fourth-order valence-electron chi connectivity index (χ4n) is 3.43. The smallest absolute Gasteiger partial charge is 0.261 e. The quantitative estimate of drug-likeness (QED) is 0.418. The van der Waals surface area contributed by atoms with Crippen LogP contribution < -0.4 is 26.8 Å². The van der Waals surface area contributed by atoms with Crippen molar-refractivity contribution < 1.29 is 14.3 Å². The van der Waals surface area contributed by atoms with Crippen molar-refractivity contribution in [1.82, 2.24) is 9.55 Å². The molecule has 4 aromatic rings. The minimum absolute atomic E-state index is 0.0349. The van der Waals surface area contributed by atoms with Gasteiger partial charge in [-0.1, -0.05) is 12.1 Å². The van der Waals surface area contributed by atoms with E-state index in [0.717, 1.165) is 5.56 Å². The lowest BCUT2D eigenvalue weighted by molar-refractivity contribution is 0.0998. The number of nitrogens with zero attached hydrogens (tertiary/aromatic N) is 1. The number of carbonyl (C=O) groups is 2. The first-order chi connectivity index (χ1) is 15.9. The Hall–Kier alpha value is -4.66. The molecule has 4 rings (SSSR count). The topological polar surface area (TPSA) is 136 Å². The summed E-state index contributed by atoms with van der Waals surface area (Å²) in [6.45, 7) is 0.348. The zero-order chi connectivity index (χ0) is 23.5. The Balaban J connectivity index is 1.74. The van der Waals surface area contributed by atoms with Gasteiger partial charge in [-0.05, 0) is 48.0 Å². The first kappa shape index (κ1) is 21.6. The van der Waals surface area contributed by atoms with E-state index in [0.29, 0.717) is 23.5 Å². The molecule has 166 valence electrons. The molecule has 33 heavy (non-hydrogen) atoms. The van der Waals surface area contributed by atoms with Gasteiger partial charge in [-0.25, -0.2) is 0 Å². The summed E-state index contributed by atoms with van der Waals surface area (Å²) in [6.07, 6.45) is 1.46. The molecule has 0 atom stereocenters. The zero-order valence-corrected chi connectivity index (χ0v) is 17.6. The van der Waals surface area contributed by atoms with Gasteiger partial charge in [0.05, 0.1) is 12.6 Å². The number of anilines is 1. The number of amides is 2. The molecule has 2 heterocycles. The van der Waals surface area contributed by atoms with Gasteiger partial charge in [0.2, 0.25) is 16.9 Å². The number of fused-ring (bicyclic) bond motifs is 1. The molecule has 0 fully saturated rings. The van der Waals surface area contributed by atoms with Gasteiger partial charge in [-0.15, -0.1) is 0 Å². The highest BCUT2D eigenvalue weighted by atomic mass is 16.5. The molecule has 0 unspecified atom stereocenters. The number of benzene rings is 2. The Morgan fingerprint density at radius 1 is 1.00 bits per heavy atom. The van der Waals surface area contributed by atoms with Crippen LogP contribution in [0.25, 0.3) is 11.0 Å². The van der Waals surface area contributed by atoms with Crippen LogP contribution in [0.2, 0.25) is 0 Å². The standard InChI is InChI=1S/C24H20N4O5/c1-33-17-8-2-14(3-9-17)12-28-13-18(22(30)21-19(28)10-11-20(29)27-21)24(32)26-16-6-4-15(5-7-16)23(25)31/h2-11,13H,12H2,1H3,(H2,25,31)(H,26,32)(H,27,29). The molecular formula is C24H20N4O5. The SMILES string of the molecule is COc1ccc(Cn2cc(C(=O)Nc3ccc(C(N)=O)cc3)c(=O)c3[nH]c(=O)ccc32)cc1. The van der Waals surface area contributed by atoms with E-state index < -0.39 is 22.8 Å². The fourth-order valence-corrected chi connectivity index (χ4v) is 3.43. The zero-order valence-electron chi connectivity index (χ0n) is 17.6. The molecule has 0 aliphatic rings. The number of pyridine rings is 2. The molecule has 0 aliphatic heterocycles. The molecule has 0 saturated heterocycles. The van der Waals surface area contributed by atoms with Gasteiger partial charge in [0, 0.05) is 30.1 Å². The number of methoxy groups -OCH3 is 1. The highest BCUT2D eigenvalue weighted by Gasteiger charge is 2.17. The Morgan fingerprint density at radius 3 is 2.33 bits per heavy atom. The van der Waals surface area contributed by atoms with Crippen molar-refractivity contribution in [3.8, 4) is 5.75 Å². The van der Waals surface area contributed by atoms with Crippen molar-refractivity contribution in [1.29, 1.82) is 0 Å². The molecule has 2 aromatic carbocycles. The van der Waals surface area contributed by atoms with Gasteiger partial charge in [-0.3, -0.25) is 19.2 Å². The maximum absolute atomic E-state index is 13.0. The molecular weight excluding hydrogens is 424 g/mol.